The van der Waals surface area contributed by atoms with Crippen LogP contribution in [0.2, 0.25) is 0 Å². The van der Waals surface area contributed by atoms with E-state index in [1.807, 2.05) is 18.2 Å². The average Bonchev–Trinajstić information content (AvgIpc) is 2.83. The molecule has 2 aliphatic heterocycles. The maximum Gasteiger partial charge on any atom is 0.410 e. The van der Waals surface area contributed by atoms with E-state index in [9.17, 15) is 4.79 Å². The minimum Gasteiger partial charge on any atom is -0.489 e. The summed E-state index contributed by atoms with van der Waals surface area (Å²) in [5, 5.41) is 0. The predicted octanol–water partition coefficient (Wildman–Crippen LogP) is 2.67. The van der Waals surface area contributed by atoms with Gasteiger partial charge in [0, 0.05) is 45.1 Å². The minimum absolute atomic E-state index is 0.193. The highest BCUT2D eigenvalue weighted by atomic mass is 16.6. The van der Waals surface area contributed by atoms with Gasteiger partial charge < -0.3 is 14.4 Å². The lowest BCUT2D eigenvalue weighted by Crippen LogP contribution is -2.46. The van der Waals surface area contributed by atoms with Gasteiger partial charge in [-0.1, -0.05) is 30.9 Å². The van der Waals surface area contributed by atoms with Gasteiger partial charge in [-0.25, -0.2) is 4.79 Å². The number of para-hydroxylation sites is 1. The minimum atomic E-state index is -0.277. The molecule has 0 saturated carbocycles. The van der Waals surface area contributed by atoms with Crippen molar-refractivity contribution in [2.24, 2.45) is 0 Å². The fourth-order valence-corrected chi connectivity index (χ4v) is 3.34. The SMILES string of the molecule is C=CCOc1ccccc1CN1CCC2(CC1)CN(C)C(=O)O2. The number of hydrogen-bond acceptors (Lipinski definition) is 4. The van der Waals surface area contributed by atoms with E-state index in [1.165, 1.54) is 5.56 Å². The Balaban J connectivity index is 1.59. The van der Waals surface area contributed by atoms with Crippen molar-refractivity contribution >= 4 is 6.09 Å². The maximum atomic E-state index is 11.6. The van der Waals surface area contributed by atoms with E-state index in [0.29, 0.717) is 13.2 Å². The number of hydrogen-bond donors (Lipinski definition) is 0. The Morgan fingerprint density at radius 1 is 1.35 bits per heavy atom. The summed E-state index contributed by atoms with van der Waals surface area (Å²) >= 11 is 0. The van der Waals surface area contributed by atoms with Gasteiger partial charge in [-0.15, -0.1) is 0 Å². The molecule has 2 fully saturated rings. The number of carbonyl (C=O) groups is 1. The number of likely N-dealkylation sites (N-methyl/N-ethyl adjacent to an activating group) is 1. The van der Waals surface area contributed by atoms with Gasteiger partial charge in [0.05, 0.1) is 6.54 Å². The first-order chi connectivity index (χ1) is 11.1. The third-order valence-electron chi connectivity index (χ3n) is 4.63. The van der Waals surface area contributed by atoms with Crippen molar-refractivity contribution in [3.8, 4) is 5.75 Å². The smallest absolute Gasteiger partial charge is 0.410 e. The highest BCUT2D eigenvalue weighted by molar-refractivity contribution is 5.70. The third kappa shape index (κ3) is 3.50. The van der Waals surface area contributed by atoms with Crippen LogP contribution in [0.3, 0.4) is 0 Å². The van der Waals surface area contributed by atoms with Crippen LogP contribution in [0.25, 0.3) is 0 Å². The summed E-state index contributed by atoms with van der Waals surface area (Å²) in [5.41, 5.74) is 0.909. The van der Waals surface area contributed by atoms with E-state index >= 15 is 0 Å². The van der Waals surface area contributed by atoms with E-state index in [2.05, 4.69) is 17.5 Å². The molecule has 124 valence electrons. The number of ether oxygens (including phenoxy) is 2. The van der Waals surface area contributed by atoms with Crippen LogP contribution >= 0.6 is 0 Å². The van der Waals surface area contributed by atoms with E-state index in [0.717, 1.165) is 38.2 Å². The van der Waals surface area contributed by atoms with E-state index < -0.39 is 0 Å². The zero-order valence-corrected chi connectivity index (χ0v) is 13.7. The second kappa shape index (κ2) is 6.62. The third-order valence-corrected chi connectivity index (χ3v) is 4.63. The summed E-state index contributed by atoms with van der Waals surface area (Å²) < 4.78 is 11.3. The standard InChI is InChI=1S/C18H24N2O3/c1-3-12-22-16-7-5-4-6-15(16)13-20-10-8-18(9-11-20)14-19(2)17(21)23-18/h3-7H,1,8-14H2,2H3. The average molecular weight is 316 g/mol. The highest BCUT2D eigenvalue weighted by Crippen LogP contribution is 2.33. The molecule has 5 nitrogen and oxygen atoms in total. The zero-order valence-electron chi connectivity index (χ0n) is 13.7. The largest absolute Gasteiger partial charge is 0.489 e. The molecule has 0 aromatic heterocycles. The van der Waals surface area contributed by atoms with Crippen LogP contribution in [-0.2, 0) is 11.3 Å². The topological polar surface area (TPSA) is 42.0 Å². The van der Waals surface area contributed by atoms with Crippen molar-refractivity contribution in [2.75, 3.05) is 33.3 Å². The number of piperidine rings is 1. The molecular weight excluding hydrogens is 292 g/mol. The molecule has 1 spiro atoms. The fraction of sp³-hybridized carbons (Fsp3) is 0.500. The molecule has 2 saturated heterocycles. The summed E-state index contributed by atoms with van der Waals surface area (Å²) in [5.74, 6) is 0.916. The molecule has 0 atom stereocenters. The van der Waals surface area contributed by atoms with Gasteiger partial charge in [-0.3, -0.25) is 4.90 Å². The molecule has 0 aliphatic carbocycles. The molecule has 0 N–H and O–H groups in total. The van der Waals surface area contributed by atoms with Crippen LogP contribution in [0.4, 0.5) is 4.79 Å². The van der Waals surface area contributed by atoms with E-state index in [4.69, 9.17) is 9.47 Å². The number of amides is 1. The molecule has 0 bridgehead atoms. The van der Waals surface area contributed by atoms with Crippen LogP contribution in [0.5, 0.6) is 5.75 Å². The Morgan fingerprint density at radius 2 is 2.09 bits per heavy atom. The van der Waals surface area contributed by atoms with Crippen molar-refractivity contribution in [3.63, 3.8) is 0 Å². The number of likely N-dealkylation sites (tertiary alicyclic amines) is 1. The molecule has 1 amide bonds. The van der Waals surface area contributed by atoms with Gasteiger partial charge in [0.25, 0.3) is 0 Å². The second-order valence-electron chi connectivity index (χ2n) is 6.39. The molecule has 0 unspecified atom stereocenters. The Morgan fingerprint density at radius 3 is 2.74 bits per heavy atom. The van der Waals surface area contributed by atoms with E-state index in [1.54, 1.807) is 18.0 Å². The van der Waals surface area contributed by atoms with Crippen molar-refractivity contribution in [1.82, 2.24) is 9.80 Å². The van der Waals surface area contributed by atoms with Crippen LogP contribution in [-0.4, -0.2) is 54.8 Å². The normalized spacial score (nSPS) is 20.6. The zero-order chi connectivity index (χ0) is 16.3. The molecule has 23 heavy (non-hydrogen) atoms. The predicted molar refractivity (Wildman–Crippen MR) is 88.5 cm³/mol. The molecule has 2 aliphatic rings. The number of rotatable bonds is 5. The molecule has 1 aromatic carbocycles. The lowest BCUT2D eigenvalue weighted by atomic mass is 9.91. The van der Waals surface area contributed by atoms with Crippen LogP contribution in [0.1, 0.15) is 18.4 Å². The van der Waals surface area contributed by atoms with Crippen molar-refractivity contribution in [3.05, 3.63) is 42.5 Å². The Labute approximate surface area is 137 Å². The number of benzene rings is 1. The van der Waals surface area contributed by atoms with Crippen LogP contribution in [0.15, 0.2) is 36.9 Å². The first kappa shape index (κ1) is 15.9. The summed E-state index contributed by atoms with van der Waals surface area (Å²) in [6.45, 7) is 7.63. The number of carbonyl (C=O) groups excluding carboxylic acids is 1. The summed E-state index contributed by atoms with van der Waals surface area (Å²) in [4.78, 5) is 15.7. The first-order valence-electron chi connectivity index (χ1n) is 8.10. The quantitative estimate of drug-likeness (QED) is 0.783. The van der Waals surface area contributed by atoms with Gasteiger partial charge in [0.15, 0.2) is 0 Å². The van der Waals surface area contributed by atoms with Gasteiger partial charge in [-0.05, 0) is 6.07 Å². The molecule has 0 radical (unpaired) electrons. The molecule has 2 heterocycles. The monoisotopic (exact) mass is 316 g/mol. The fourth-order valence-electron chi connectivity index (χ4n) is 3.34. The lowest BCUT2D eigenvalue weighted by Gasteiger charge is -2.37. The highest BCUT2D eigenvalue weighted by Gasteiger charge is 2.45. The van der Waals surface area contributed by atoms with Gasteiger partial charge in [0.1, 0.15) is 18.0 Å². The Hall–Kier alpha value is -2.01. The molecular formula is C18H24N2O3. The first-order valence-corrected chi connectivity index (χ1v) is 8.10. The number of nitrogens with zero attached hydrogens (tertiary/aromatic N) is 2. The van der Waals surface area contributed by atoms with Crippen molar-refractivity contribution in [2.45, 2.75) is 25.0 Å². The van der Waals surface area contributed by atoms with Gasteiger partial charge in [0.2, 0.25) is 0 Å². The van der Waals surface area contributed by atoms with E-state index in [-0.39, 0.29) is 11.7 Å². The summed E-state index contributed by atoms with van der Waals surface area (Å²) in [6, 6.07) is 8.13. The van der Waals surface area contributed by atoms with Crippen LogP contribution in [0, 0.1) is 0 Å². The summed E-state index contributed by atoms with van der Waals surface area (Å²) in [6.07, 6.45) is 3.34. The molecule has 3 rings (SSSR count). The molecule has 1 aromatic rings. The molecule has 5 heteroatoms. The van der Waals surface area contributed by atoms with Gasteiger partial charge >= 0.3 is 6.09 Å². The lowest BCUT2D eigenvalue weighted by molar-refractivity contribution is -0.00132. The van der Waals surface area contributed by atoms with Crippen molar-refractivity contribution in [1.29, 1.82) is 0 Å². The Bertz CT molecular complexity index is 579. The van der Waals surface area contributed by atoms with Crippen LogP contribution < -0.4 is 4.74 Å². The second-order valence-corrected chi connectivity index (χ2v) is 6.39. The summed E-state index contributed by atoms with van der Waals surface area (Å²) in [7, 11) is 1.80. The van der Waals surface area contributed by atoms with Crippen molar-refractivity contribution < 1.29 is 14.3 Å². The van der Waals surface area contributed by atoms with Gasteiger partial charge in [-0.2, -0.15) is 0 Å². The Kier molecular flexibility index (Phi) is 4.57. The maximum absolute atomic E-state index is 11.6.